The van der Waals surface area contributed by atoms with Crippen LogP contribution >= 0.6 is 0 Å². The van der Waals surface area contributed by atoms with Gasteiger partial charge in [0, 0.05) is 0 Å². The fourth-order valence-electron chi connectivity index (χ4n) is 0.966. The third-order valence-electron chi connectivity index (χ3n) is 2.54. The van der Waals surface area contributed by atoms with Crippen molar-refractivity contribution in [2.45, 2.75) is 47.8 Å². The minimum Gasteiger partial charge on any atom is -0.271 e. The van der Waals surface area contributed by atoms with Gasteiger partial charge in [-0.05, 0) is 0 Å². The minimum atomic E-state index is -8.06. The smallest absolute Gasteiger partial charge is 0.271 e. The topological polar surface area (TPSA) is 96.0 Å². The van der Waals surface area contributed by atoms with E-state index < -0.39 is 68.0 Å². The Morgan fingerprint density at radius 3 is 0.879 bits per heavy atom. The normalized spacial score (nSPS) is 17.7. The Morgan fingerprint density at radius 2 is 0.697 bits per heavy atom. The second kappa shape index (κ2) is 8.71. The first-order chi connectivity index (χ1) is 14.0. The van der Waals surface area contributed by atoms with Gasteiger partial charge in [-0.25, -0.2) is 8.78 Å². The SMILES string of the molecule is O=S(=O)(OS(=O)(=O)C(F)(F)C(F)OC(F)(F)C(F)(F)F)C(F)(F)C(F)OC(F)(F)C(F)(F)F. The molecule has 0 fully saturated rings. The average molecular weight is 578 g/mol. The van der Waals surface area contributed by atoms with Gasteiger partial charge in [-0.3, -0.25) is 9.47 Å². The van der Waals surface area contributed by atoms with E-state index >= 15 is 0 Å². The van der Waals surface area contributed by atoms with E-state index in [1.54, 1.807) is 9.47 Å². The Bertz CT molecular complexity index is 830. The quantitative estimate of drug-likeness (QED) is 0.365. The van der Waals surface area contributed by atoms with Crippen LogP contribution in [0.4, 0.5) is 70.2 Å². The van der Waals surface area contributed by atoms with E-state index in [0.29, 0.717) is 0 Å². The first-order valence-electron chi connectivity index (χ1n) is 6.45. The summed E-state index contributed by atoms with van der Waals surface area (Å²) in [6.07, 6.45) is -39.4. The molecule has 0 aliphatic heterocycles. The summed E-state index contributed by atoms with van der Waals surface area (Å²) in [6.45, 7) is 0. The molecule has 0 aromatic heterocycles. The van der Waals surface area contributed by atoms with E-state index in [9.17, 15) is 87.1 Å². The summed E-state index contributed by atoms with van der Waals surface area (Å²) in [6, 6.07) is 0. The van der Waals surface area contributed by atoms with Crippen molar-refractivity contribution in [2.24, 2.45) is 0 Å². The summed E-state index contributed by atoms with van der Waals surface area (Å²) < 4.78 is 248. The molecule has 0 bridgehead atoms. The Hall–Kier alpha value is -1.34. The molecule has 0 saturated carbocycles. The van der Waals surface area contributed by atoms with Crippen LogP contribution in [0.5, 0.6) is 0 Å². The van der Waals surface area contributed by atoms with Crippen LogP contribution in [-0.2, 0) is 33.3 Å². The molecule has 0 radical (unpaired) electrons. The fraction of sp³-hybridized carbons (Fsp3) is 1.00. The highest BCUT2D eigenvalue weighted by molar-refractivity contribution is 8.00. The van der Waals surface area contributed by atoms with Crippen LogP contribution < -0.4 is 0 Å². The minimum absolute atomic E-state index is 1.76. The molecule has 0 aromatic carbocycles. The van der Waals surface area contributed by atoms with E-state index in [-0.39, 0.29) is 0 Å². The summed E-state index contributed by atoms with van der Waals surface area (Å²) in [5, 5.41) is -14.1. The van der Waals surface area contributed by atoms with Crippen molar-refractivity contribution in [1.29, 1.82) is 0 Å². The summed E-state index contributed by atoms with van der Waals surface area (Å²) >= 11 is 0. The van der Waals surface area contributed by atoms with E-state index in [4.69, 9.17) is 0 Å². The molecule has 0 aromatic rings. The zero-order chi connectivity index (χ0) is 27.3. The first-order valence-corrected chi connectivity index (χ1v) is 9.26. The van der Waals surface area contributed by atoms with Crippen molar-refractivity contribution in [3.63, 3.8) is 0 Å². The van der Waals surface area contributed by atoms with Gasteiger partial charge in [0.25, 0.3) is 12.7 Å². The number of halogens is 16. The molecule has 0 aliphatic carbocycles. The van der Waals surface area contributed by atoms with Gasteiger partial charge in [0.1, 0.15) is 0 Å². The third-order valence-corrected chi connectivity index (χ3v) is 5.67. The molecule has 0 N–H and O–H groups in total. The Balaban J connectivity index is 5.97. The van der Waals surface area contributed by atoms with Crippen LogP contribution in [-0.4, -0.2) is 64.6 Å². The Labute approximate surface area is 169 Å². The largest absolute Gasteiger partial charge is 0.483 e. The molecule has 0 heterocycles. The van der Waals surface area contributed by atoms with E-state index in [2.05, 4.69) is 0 Å². The second-order valence-electron chi connectivity index (χ2n) is 5.00. The lowest BCUT2D eigenvalue weighted by molar-refractivity contribution is -0.423. The van der Waals surface area contributed by atoms with Crippen LogP contribution in [0.2, 0.25) is 0 Å². The molecule has 25 heteroatoms. The monoisotopic (exact) mass is 578 g/mol. The molecule has 0 rings (SSSR count). The summed E-state index contributed by atoms with van der Waals surface area (Å²) in [7, 11) is -16.1. The lowest BCUT2D eigenvalue weighted by Crippen LogP contribution is -2.52. The zero-order valence-electron chi connectivity index (χ0n) is 13.9. The van der Waals surface area contributed by atoms with Crippen molar-refractivity contribution < 1.29 is 100 Å². The molecule has 200 valence electrons. The van der Waals surface area contributed by atoms with Crippen molar-refractivity contribution in [3.05, 3.63) is 0 Å². The maximum Gasteiger partial charge on any atom is 0.483 e. The van der Waals surface area contributed by atoms with Gasteiger partial charge >= 0.3 is 55.3 Å². The van der Waals surface area contributed by atoms with Crippen LogP contribution in [0.1, 0.15) is 0 Å². The molecule has 0 amide bonds. The van der Waals surface area contributed by atoms with Gasteiger partial charge < -0.3 is 0 Å². The van der Waals surface area contributed by atoms with Crippen LogP contribution in [0, 0.1) is 0 Å². The second-order valence-corrected chi connectivity index (χ2v) is 8.45. The molecule has 0 spiro atoms. The van der Waals surface area contributed by atoms with Gasteiger partial charge in [0.15, 0.2) is 0 Å². The van der Waals surface area contributed by atoms with Crippen molar-refractivity contribution in [1.82, 2.24) is 0 Å². The molecule has 0 aliphatic rings. The summed E-state index contributed by atoms with van der Waals surface area (Å²) in [5.41, 5.74) is 0. The lowest BCUT2D eigenvalue weighted by atomic mass is 10.6. The van der Waals surface area contributed by atoms with Gasteiger partial charge in [-0.1, -0.05) is 0 Å². The highest BCUT2D eigenvalue weighted by atomic mass is 32.3. The van der Waals surface area contributed by atoms with Crippen molar-refractivity contribution in [2.75, 3.05) is 0 Å². The number of hydrogen-bond acceptors (Lipinski definition) is 7. The standard InChI is InChI=1S/C8H2F16O7S2/c9-1(29-7(21,22)5(15,16)17)3(11,12)32(25,26)31-33(27,28)4(13,14)2(10)30-8(23,24)6(18,19)20/h1-2H. The number of ether oxygens (including phenoxy) is 2. The average Bonchev–Trinajstić information content (AvgIpc) is 2.50. The maximum atomic E-state index is 13.2. The molecule has 7 nitrogen and oxygen atoms in total. The molecular formula is C8H2F16O7S2. The van der Waals surface area contributed by atoms with Crippen LogP contribution in [0.3, 0.4) is 0 Å². The first kappa shape index (κ1) is 31.7. The molecule has 33 heavy (non-hydrogen) atoms. The lowest BCUT2D eigenvalue weighted by Gasteiger charge is -2.27. The van der Waals surface area contributed by atoms with Crippen molar-refractivity contribution >= 4 is 20.2 Å². The van der Waals surface area contributed by atoms with Crippen LogP contribution in [0.15, 0.2) is 0 Å². The highest BCUT2D eigenvalue weighted by Gasteiger charge is 2.70. The molecule has 0 saturated heterocycles. The van der Waals surface area contributed by atoms with Gasteiger partial charge in [-0.15, -0.1) is 3.63 Å². The van der Waals surface area contributed by atoms with Gasteiger partial charge in [0.2, 0.25) is 0 Å². The van der Waals surface area contributed by atoms with E-state index in [0.717, 1.165) is 0 Å². The summed E-state index contributed by atoms with van der Waals surface area (Å²) in [4.78, 5) is 0. The Kier molecular flexibility index (Phi) is 8.35. The van der Waals surface area contributed by atoms with Gasteiger partial charge in [0.05, 0.1) is 0 Å². The summed E-state index contributed by atoms with van der Waals surface area (Å²) in [5.74, 6) is 0. The molecule has 2 atom stereocenters. The van der Waals surface area contributed by atoms with E-state index in [1.807, 2.05) is 3.63 Å². The van der Waals surface area contributed by atoms with Crippen LogP contribution in [0.25, 0.3) is 0 Å². The highest BCUT2D eigenvalue weighted by Crippen LogP contribution is 2.44. The molecular weight excluding hydrogens is 576 g/mol. The predicted octanol–water partition coefficient (Wildman–Crippen LogP) is 3.78. The fourth-order valence-corrected chi connectivity index (χ4v) is 3.19. The van der Waals surface area contributed by atoms with Crippen molar-refractivity contribution in [3.8, 4) is 0 Å². The number of alkyl halides is 16. The predicted molar refractivity (Wildman–Crippen MR) is 62.8 cm³/mol. The maximum absolute atomic E-state index is 13.2. The third kappa shape index (κ3) is 6.41. The Morgan fingerprint density at radius 1 is 0.485 bits per heavy atom. The molecule has 2 unspecified atom stereocenters. The number of rotatable bonds is 10. The van der Waals surface area contributed by atoms with Gasteiger partial charge in [-0.2, -0.15) is 78.3 Å². The van der Waals surface area contributed by atoms with E-state index in [1.165, 1.54) is 0 Å². The zero-order valence-corrected chi connectivity index (χ0v) is 15.5. The number of hydrogen-bond donors (Lipinski definition) is 0.